The lowest BCUT2D eigenvalue weighted by Gasteiger charge is -2.31. The molecule has 3 N–H and O–H groups in total. The number of likely N-dealkylation sites (N-methyl/N-ethyl adjacent to an activating group) is 1. The molecule has 5 rings (SSSR count). The van der Waals surface area contributed by atoms with Crippen molar-refractivity contribution in [2.75, 3.05) is 27.2 Å². The van der Waals surface area contributed by atoms with E-state index in [1.165, 1.54) is 11.8 Å². The van der Waals surface area contributed by atoms with Crippen LogP contribution < -0.4 is 15.4 Å². The van der Waals surface area contributed by atoms with Crippen LogP contribution in [0.3, 0.4) is 0 Å². The molecule has 5 atom stereocenters. The number of hydrogen-bond acceptors (Lipinski definition) is 7. The SMILES string of the molecule is COc1ccc2c(c1)[C@@H]1CC2N(C(=O)OCc2ccccc2)CC/C=C/C[C@H](N(C)C(C)=O)C(=O)N[C@@H](Cc2ccccc2)[C@H](O)CN1. The van der Waals surface area contributed by atoms with Gasteiger partial charge in [-0.05, 0) is 60.1 Å². The van der Waals surface area contributed by atoms with Crippen LogP contribution >= 0.6 is 0 Å². The van der Waals surface area contributed by atoms with Crippen molar-refractivity contribution >= 4 is 17.9 Å². The fourth-order valence-electron chi connectivity index (χ4n) is 6.48. The normalized spacial score (nSPS) is 23.8. The topological polar surface area (TPSA) is 120 Å². The lowest BCUT2D eigenvalue weighted by Crippen LogP contribution is -2.55. The number of nitrogens with zero attached hydrogens (tertiary/aromatic N) is 2. The molecule has 3 aromatic rings. The van der Waals surface area contributed by atoms with E-state index in [0.717, 1.165) is 22.3 Å². The van der Waals surface area contributed by atoms with Crippen molar-refractivity contribution in [3.05, 3.63) is 113 Å². The molecule has 1 aliphatic carbocycles. The van der Waals surface area contributed by atoms with Gasteiger partial charge in [-0.3, -0.25) is 9.59 Å². The third-order valence-electron chi connectivity index (χ3n) is 9.30. The fraction of sp³-hybridized carbons (Fsp3) is 0.395. The maximum Gasteiger partial charge on any atom is 0.410 e. The number of fused-ring (bicyclic) bond motifs is 5. The monoisotopic (exact) mass is 654 g/mol. The molecule has 10 nitrogen and oxygen atoms in total. The number of hydrogen-bond donors (Lipinski definition) is 3. The number of aliphatic hydroxyl groups is 1. The van der Waals surface area contributed by atoms with Gasteiger partial charge in [-0.1, -0.05) is 78.9 Å². The fourth-order valence-corrected chi connectivity index (χ4v) is 6.48. The maximum absolute atomic E-state index is 13.8. The Kier molecular flexibility index (Phi) is 11.9. The summed E-state index contributed by atoms with van der Waals surface area (Å²) in [5.41, 5.74) is 3.84. The molecule has 0 saturated carbocycles. The first-order chi connectivity index (χ1) is 23.2. The summed E-state index contributed by atoms with van der Waals surface area (Å²) in [6.45, 7) is 2.14. The van der Waals surface area contributed by atoms with E-state index < -0.39 is 24.3 Å². The van der Waals surface area contributed by atoms with Crippen molar-refractivity contribution in [1.29, 1.82) is 0 Å². The minimum Gasteiger partial charge on any atom is -0.497 e. The summed E-state index contributed by atoms with van der Waals surface area (Å²) in [6, 6.07) is 23.3. The first kappa shape index (κ1) is 34.7. The summed E-state index contributed by atoms with van der Waals surface area (Å²) in [5, 5.41) is 18.2. The number of rotatable bonds is 6. The van der Waals surface area contributed by atoms with E-state index >= 15 is 0 Å². The summed E-state index contributed by atoms with van der Waals surface area (Å²) in [6.07, 6.45) is 4.21. The number of ether oxygens (including phenoxy) is 2. The number of amides is 3. The molecule has 3 amide bonds. The van der Waals surface area contributed by atoms with Gasteiger partial charge in [-0.2, -0.15) is 0 Å². The number of methoxy groups -OCH3 is 1. The van der Waals surface area contributed by atoms with Crippen LogP contribution in [0.5, 0.6) is 5.75 Å². The van der Waals surface area contributed by atoms with E-state index in [4.69, 9.17) is 9.47 Å². The Hall–Kier alpha value is -4.67. The molecule has 0 spiro atoms. The highest BCUT2D eigenvalue weighted by Crippen LogP contribution is 2.44. The van der Waals surface area contributed by atoms with Crippen LogP contribution in [0.15, 0.2) is 91.0 Å². The molecule has 2 bridgehead atoms. The van der Waals surface area contributed by atoms with Gasteiger partial charge >= 0.3 is 6.09 Å². The van der Waals surface area contributed by atoms with Gasteiger partial charge in [0.2, 0.25) is 11.8 Å². The summed E-state index contributed by atoms with van der Waals surface area (Å²) in [5.74, 6) is 0.118. The average molecular weight is 655 g/mol. The zero-order valence-electron chi connectivity index (χ0n) is 27.9. The Labute approximate surface area is 282 Å². The first-order valence-electron chi connectivity index (χ1n) is 16.5. The second kappa shape index (κ2) is 16.4. The predicted octanol–water partition coefficient (Wildman–Crippen LogP) is 4.69. The largest absolute Gasteiger partial charge is 0.497 e. The molecule has 10 heteroatoms. The van der Waals surface area contributed by atoms with E-state index in [1.807, 2.05) is 91.0 Å². The molecule has 1 aliphatic heterocycles. The molecular formula is C38H46N4O6. The number of aliphatic hydroxyl groups excluding tert-OH is 1. The molecule has 2 aliphatic rings. The van der Waals surface area contributed by atoms with E-state index in [0.29, 0.717) is 31.6 Å². The first-order valence-corrected chi connectivity index (χ1v) is 16.5. The zero-order chi connectivity index (χ0) is 34.0. The van der Waals surface area contributed by atoms with Gasteiger partial charge in [0.05, 0.1) is 25.3 Å². The summed E-state index contributed by atoms with van der Waals surface area (Å²) in [7, 11) is 3.23. The summed E-state index contributed by atoms with van der Waals surface area (Å²) in [4.78, 5) is 43.1. The van der Waals surface area contributed by atoms with Crippen LogP contribution in [0.25, 0.3) is 0 Å². The zero-order valence-corrected chi connectivity index (χ0v) is 27.9. The van der Waals surface area contributed by atoms with Gasteiger partial charge in [0.15, 0.2) is 0 Å². The van der Waals surface area contributed by atoms with Crippen molar-refractivity contribution in [2.24, 2.45) is 0 Å². The van der Waals surface area contributed by atoms with Gasteiger partial charge in [0.25, 0.3) is 0 Å². The number of benzene rings is 3. The van der Waals surface area contributed by atoms with Crippen molar-refractivity contribution in [3.8, 4) is 5.75 Å². The molecule has 0 saturated heterocycles. The number of nitrogens with one attached hydrogen (secondary N) is 2. The number of carbonyl (C=O) groups excluding carboxylic acids is 3. The van der Waals surface area contributed by atoms with Gasteiger partial charge in [0.1, 0.15) is 18.4 Å². The minimum atomic E-state index is -0.957. The summed E-state index contributed by atoms with van der Waals surface area (Å²) < 4.78 is 11.4. The third kappa shape index (κ3) is 8.62. The van der Waals surface area contributed by atoms with E-state index in [9.17, 15) is 19.5 Å². The van der Waals surface area contributed by atoms with Crippen molar-refractivity contribution in [3.63, 3.8) is 0 Å². The summed E-state index contributed by atoms with van der Waals surface area (Å²) >= 11 is 0. The van der Waals surface area contributed by atoms with Gasteiger partial charge < -0.3 is 35.0 Å². The molecule has 1 unspecified atom stereocenters. The second-order valence-corrected chi connectivity index (χ2v) is 12.5. The maximum atomic E-state index is 13.8. The molecule has 0 fully saturated rings. The molecule has 0 aromatic heterocycles. The van der Waals surface area contributed by atoms with Crippen LogP contribution in [0.2, 0.25) is 0 Å². The lowest BCUT2D eigenvalue weighted by molar-refractivity contribution is -0.138. The Balaban J connectivity index is 1.46. The minimum absolute atomic E-state index is 0.152. The van der Waals surface area contributed by atoms with Gasteiger partial charge in [-0.15, -0.1) is 0 Å². The molecule has 48 heavy (non-hydrogen) atoms. The van der Waals surface area contributed by atoms with Crippen LogP contribution in [0, 0.1) is 0 Å². The molecule has 3 aromatic carbocycles. The Morgan fingerprint density at radius 2 is 1.69 bits per heavy atom. The van der Waals surface area contributed by atoms with Crippen molar-refractivity contribution < 1.29 is 29.0 Å². The van der Waals surface area contributed by atoms with Crippen LogP contribution in [0.1, 0.15) is 60.5 Å². The van der Waals surface area contributed by atoms with Gasteiger partial charge in [0, 0.05) is 33.1 Å². The van der Waals surface area contributed by atoms with Crippen molar-refractivity contribution in [1.82, 2.24) is 20.4 Å². The quantitative estimate of drug-likeness (QED) is 0.330. The Morgan fingerprint density at radius 3 is 2.38 bits per heavy atom. The standard InChI is InChI=1S/C38H46N4O6/c1-26(43)41(2)34-17-11-6-12-20-42(38(46)48-25-28-15-9-5-10-16-28)35-23-32(31-22-29(47-3)18-19-30(31)35)39-24-36(44)33(40-37(34)45)21-27-13-7-4-8-14-27/h4-11,13-16,18-19,22,32-36,39,44H,12,17,20-21,23-25H2,1-3H3,(H,40,45)/b11-6+/t32-,33-,34-,35?,36+/m0/s1. The molecule has 0 radical (unpaired) electrons. The third-order valence-corrected chi connectivity index (χ3v) is 9.30. The number of carbonyl (C=O) groups is 3. The van der Waals surface area contributed by atoms with Crippen LogP contribution in [0.4, 0.5) is 4.79 Å². The predicted molar refractivity (Wildman–Crippen MR) is 183 cm³/mol. The highest BCUT2D eigenvalue weighted by molar-refractivity contribution is 5.87. The highest BCUT2D eigenvalue weighted by atomic mass is 16.6. The van der Waals surface area contributed by atoms with E-state index in [1.54, 1.807) is 19.1 Å². The van der Waals surface area contributed by atoms with Crippen LogP contribution in [-0.4, -0.2) is 78.2 Å². The molecule has 1 heterocycles. The second-order valence-electron chi connectivity index (χ2n) is 12.5. The average Bonchev–Trinajstić information content (AvgIpc) is 3.46. The van der Waals surface area contributed by atoms with Gasteiger partial charge in [-0.25, -0.2) is 4.79 Å². The lowest BCUT2D eigenvalue weighted by atomic mass is 9.99. The van der Waals surface area contributed by atoms with E-state index in [2.05, 4.69) is 10.6 Å². The Morgan fingerprint density at radius 1 is 0.979 bits per heavy atom. The molecular weight excluding hydrogens is 608 g/mol. The highest BCUT2D eigenvalue weighted by Gasteiger charge is 2.38. The Bertz CT molecular complexity index is 1570. The smallest absolute Gasteiger partial charge is 0.410 e. The molecule has 254 valence electrons. The van der Waals surface area contributed by atoms with Crippen LogP contribution in [-0.2, 0) is 27.4 Å². The van der Waals surface area contributed by atoms with E-state index in [-0.39, 0.29) is 43.5 Å². The number of β-amino-alcohol motifs (C(OH)–C–C–N with tert-alkyl or cyclic N) is 1. The van der Waals surface area contributed by atoms with Crippen molar-refractivity contribution in [2.45, 2.75) is 69.5 Å².